The molecular formula is C13H10BrFN2O2. The van der Waals surface area contributed by atoms with E-state index in [2.05, 4.69) is 25.9 Å². The van der Waals surface area contributed by atoms with E-state index in [-0.39, 0.29) is 23.7 Å². The molecule has 0 aliphatic carbocycles. The van der Waals surface area contributed by atoms with Crippen molar-refractivity contribution in [3.8, 4) is 5.88 Å². The van der Waals surface area contributed by atoms with Gasteiger partial charge in [0.25, 0.3) is 0 Å². The molecule has 6 heteroatoms. The maximum atomic E-state index is 13.1. The average Bonchev–Trinajstić information content (AvgIpc) is 2.43. The summed E-state index contributed by atoms with van der Waals surface area (Å²) in [5.74, 6) is -0.296. The maximum absolute atomic E-state index is 13.1. The molecular weight excluding hydrogens is 315 g/mol. The zero-order chi connectivity index (χ0) is 13.8. The van der Waals surface area contributed by atoms with Gasteiger partial charge < -0.3 is 4.74 Å². The lowest BCUT2D eigenvalue weighted by atomic mass is 10.1. The number of carbonyl (C=O) groups is 1. The summed E-state index contributed by atoms with van der Waals surface area (Å²) in [7, 11) is 1.46. The number of ketones is 1. The van der Waals surface area contributed by atoms with Gasteiger partial charge in [0.05, 0.1) is 7.11 Å². The summed E-state index contributed by atoms with van der Waals surface area (Å²) < 4.78 is 18.8. The fourth-order valence-electron chi connectivity index (χ4n) is 1.55. The van der Waals surface area contributed by atoms with Gasteiger partial charge in [-0.25, -0.2) is 14.4 Å². The molecule has 0 radical (unpaired) electrons. The number of Topliss-reactive ketones (excluding diaryl/α,β-unsaturated/α-hetero) is 1. The highest BCUT2D eigenvalue weighted by molar-refractivity contribution is 9.10. The van der Waals surface area contributed by atoms with Crippen molar-refractivity contribution < 1.29 is 13.9 Å². The van der Waals surface area contributed by atoms with Crippen LogP contribution in [0.1, 0.15) is 16.1 Å². The van der Waals surface area contributed by atoms with E-state index in [4.69, 9.17) is 4.74 Å². The highest BCUT2D eigenvalue weighted by Crippen LogP contribution is 2.20. The molecule has 1 aromatic carbocycles. The number of hydrogen-bond acceptors (Lipinski definition) is 4. The molecule has 0 fully saturated rings. The van der Waals surface area contributed by atoms with E-state index in [1.165, 1.54) is 31.6 Å². The summed E-state index contributed by atoms with van der Waals surface area (Å²) in [6.45, 7) is 0. The molecule has 0 saturated heterocycles. The zero-order valence-corrected chi connectivity index (χ0v) is 11.6. The molecule has 98 valence electrons. The highest BCUT2D eigenvalue weighted by Gasteiger charge is 2.12. The van der Waals surface area contributed by atoms with E-state index < -0.39 is 0 Å². The van der Waals surface area contributed by atoms with Crippen LogP contribution in [0.2, 0.25) is 0 Å². The first-order valence-electron chi connectivity index (χ1n) is 5.43. The van der Waals surface area contributed by atoms with Crippen LogP contribution in [0, 0.1) is 5.82 Å². The van der Waals surface area contributed by atoms with Crippen molar-refractivity contribution in [2.24, 2.45) is 0 Å². The standard InChI is InChI=1S/C13H10BrFN2O2/c1-19-13-6-11(16-7-17-13)12(18)5-8-4-9(15)2-3-10(8)14/h2-4,6-7H,5H2,1H3. The number of aromatic nitrogens is 2. The second kappa shape index (κ2) is 5.88. The molecule has 2 rings (SSSR count). The van der Waals surface area contributed by atoms with Gasteiger partial charge in [-0.3, -0.25) is 4.79 Å². The van der Waals surface area contributed by atoms with Crippen LogP contribution in [0.5, 0.6) is 5.88 Å². The Bertz CT molecular complexity index is 619. The van der Waals surface area contributed by atoms with Gasteiger partial charge in [0.2, 0.25) is 5.88 Å². The van der Waals surface area contributed by atoms with Crippen molar-refractivity contribution in [1.82, 2.24) is 9.97 Å². The van der Waals surface area contributed by atoms with Gasteiger partial charge in [-0.15, -0.1) is 0 Å². The Kier molecular flexibility index (Phi) is 4.21. The predicted molar refractivity (Wildman–Crippen MR) is 70.7 cm³/mol. The Balaban J connectivity index is 2.22. The Labute approximate surface area is 117 Å². The SMILES string of the molecule is COc1cc(C(=O)Cc2cc(F)ccc2Br)ncn1. The first-order chi connectivity index (χ1) is 9.10. The first kappa shape index (κ1) is 13.6. The van der Waals surface area contributed by atoms with Gasteiger partial charge in [0.15, 0.2) is 5.78 Å². The number of halogens is 2. The molecule has 0 N–H and O–H groups in total. The quantitative estimate of drug-likeness (QED) is 0.811. The van der Waals surface area contributed by atoms with Crippen molar-refractivity contribution >= 4 is 21.7 Å². The highest BCUT2D eigenvalue weighted by atomic mass is 79.9. The molecule has 0 amide bonds. The Morgan fingerprint density at radius 2 is 2.16 bits per heavy atom. The Hall–Kier alpha value is -1.82. The lowest BCUT2D eigenvalue weighted by molar-refractivity contribution is 0.0987. The van der Waals surface area contributed by atoms with Gasteiger partial charge in [0.1, 0.15) is 17.8 Å². The van der Waals surface area contributed by atoms with Crippen molar-refractivity contribution in [2.75, 3.05) is 7.11 Å². The van der Waals surface area contributed by atoms with Gasteiger partial charge in [0, 0.05) is 17.0 Å². The predicted octanol–water partition coefficient (Wildman–Crippen LogP) is 2.81. The minimum absolute atomic E-state index is 0.0541. The van der Waals surface area contributed by atoms with Gasteiger partial charge >= 0.3 is 0 Å². The first-order valence-corrected chi connectivity index (χ1v) is 6.22. The number of rotatable bonds is 4. The van der Waals surface area contributed by atoms with Gasteiger partial charge in [-0.1, -0.05) is 15.9 Å². The van der Waals surface area contributed by atoms with E-state index in [0.717, 1.165) is 0 Å². The number of methoxy groups -OCH3 is 1. The average molecular weight is 325 g/mol. The van der Waals surface area contributed by atoms with E-state index in [1.54, 1.807) is 6.07 Å². The maximum Gasteiger partial charge on any atom is 0.216 e. The normalized spacial score (nSPS) is 10.3. The van der Waals surface area contributed by atoms with Crippen LogP contribution in [0.4, 0.5) is 4.39 Å². The Morgan fingerprint density at radius 1 is 1.37 bits per heavy atom. The summed E-state index contributed by atoms with van der Waals surface area (Å²) in [5.41, 5.74) is 0.811. The molecule has 0 aliphatic heterocycles. The fourth-order valence-corrected chi connectivity index (χ4v) is 1.93. The minimum Gasteiger partial charge on any atom is -0.481 e. The smallest absolute Gasteiger partial charge is 0.216 e. The number of nitrogens with zero attached hydrogens (tertiary/aromatic N) is 2. The monoisotopic (exact) mass is 324 g/mol. The summed E-state index contributed by atoms with van der Waals surface area (Å²) in [4.78, 5) is 19.8. The van der Waals surface area contributed by atoms with Crippen molar-refractivity contribution in [2.45, 2.75) is 6.42 Å². The van der Waals surface area contributed by atoms with Crippen molar-refractivity contribution in [3.63, 3.8) is 0 Å². The molecule has 1 aromatic heterocycles. The molecule has 2 aromatic rings. The summed E-state index contributed by atoms with van der Waals surface area (Å²) >= 11 is 3.28. The van der Waals surface area contributed by atoms with Crippen LogP contribution in [0.15, 0.2) is 35.1 Å². The van der Waals surface area contributed by atoms with Crippen LogP contribution in [-0.4, -0.2) is 22.9 Å². The third-order valence-corrected chi connectivity index (χ3v) is 3.27. The number of carbonyl (C=O) groups excluding carboxylic acids is 1. The summed E-state index contributed by atoms with van der Waals surface area (Å²) in [6.07, 6.45) is 1.31. The topological polar surface area (TPSA) is 52.1 Å². The van der Waals surface area contributed by atoms with Crippen molar-refractivity contribution in [1.29, 1.82) is 0 Å². The van der Waals surface area contributed by atoms with E-state index in [1.807, 2.05) is 0 Å². The lowest BCUT2D eigenvalue weighted by Gasteiger charge is -2.05. The summed E-state index contributed by atoms with van der Waals surface area (Å²) in [5, 5.41) is 0. The molecule has 19 heavy (non-hydrogen) atoms. The third kappa shape index (κ3) is 3.35. The second-order valence-corrected chi connectivity index (χ2v) is 4.64. The molecule has 0 spiro atoms. The molecule has 1 heterocycles. The van der Waals surface area contributed by atoms with Gasteiger partial charge in [-0.2, -0.15) is 0 Å². The molecule has 0 aliphatic rings. The minimum atomic E-state index is -0.383. The lowest BCUT2D eigenvalue weighted by Crippen LogP contribution is -2.07. The molecule has 4 nitrogen and oxygen atoms in total. The molecule has 0 atom stereocenters. The second-order valence-electron chi connectivity index (χ2n) is 3.78. The van der Waals surface area contributed by atoms with E-state index >= 15 is 0 Å². The molecule has 0 unspecified atom stereocenters. The number of ether oxygens (including phenoxy) is 1. The molecule has 0 saturated carbocycles. The van der Waals surface area contributed by atoms with Crippen LogP contribution in [0.3, 0.4) is 0 Å². The van der Waals surface area contributed by atoms with Crippen LogP contribution < -0.4 is 4.74 Å². The van der Waals surface area contributed by atoms with Crippen molar-refractivity contribution in [3.05, 3.63) is 52.1 Å². The Morgan fingerprint density at radius 3 is 2.89 bits per heavy atom. The zero-order valence-electron chi connectivity index (χ0n) is 10.1. The number of hydrogen-bond donors (Lipinski definition) is 0. The largest absolute Gasteiger partial charge is 0.481 e. The fraction of sp³-hybridized carbons (Fsp3) is 0.154. The van der Waals surface area contributed by atoms with Gasteiger partial charge in [-0.05, 0) is 23.8 Å². The van der Waals surface area contributed by atoms with E-state index in [9.17, 15) is 9.18 Å². The molecule has 0 bridgehead atoms. The van der Waals surface area contributed by atoms with Crippen LogP contribution in [-0.2, 0) is 6.42 Å². The van der Waals surface area contributed by atoms with Crippen LogP contribution in [0.25, 0.3) is 0 Å². The summed E-state index contributed by atoms with van der Waals surface area (Å²) in [6, 6.07) is 5.67. The van der Waals surface area contributed by atoms with E-state index in [0.29, 0.717) is 15.9 Å². The number of benzene rings is 1. The third-order valence-electron chi connectivity index (χ3n) is 2.50. The van der Waals surface area contributed by atoms with Crippen LogP contribution >= 0.6 is 15.9 Å².